The second-order valence-corrected chi connectivity index (χ2v) is 11.5. The van der Waals surface area contributed by atoms with Crippen molar-refractivity contribution in [1.29, 1.82) is 0 Å². The molecule has 3 aromatic carbocycles. The van der Waals surface area contributed by atoms with E-state index < -0.39 is 23.9 Å². The Morgan fingerprint density at radius 2 is 1.80 bits per heavy atom. The highest BCUT2D eigenvalue weighted by atomic mass is 19.1. The summed E-state index contributed by atoms with van der Waals surface area (Å²) in [6, 6.07) is 16.0. The second kappa shape index (κ2) is 13.6. The van der Waals surface area contributed by atoms with E-state index in [4.69, 9.17) is 18.9 Å². The number of nitrogens with zero attached hydrogens (tertiary/aromatic N) is 1. The summed E-state index contributed by atoms with van der Waals surface area (Å²) in [5.41, 5.74) is 1.90. The zero-order valence-corrected chi connectivity index (χ0v) is 25.1. The third-order valence-corrected chi connectivity index (χ3v) is 8.52. The summed E-state index contributed by atoms with van der Waals surface area (Å²) in [5, 5.41) is 5.83. The van der Waals surface area contributed by atoms with Crippen LogP contribution in [0.25, 0.3) is 11.1 Å². The minimum Gasteiger partial charge on any atom is -0.496 e. The number of carbonyl (C=O) groups is 3. The van der Waals surface area contributed by atoms with Crippen molar-refractivity contribution in [3.8, 4) is 28.4 Å². The maximum atomic E-state index is 15.1. The van der Waals surface area contributed by atoms with Gasteiger partial charge in [-0.3, -0.25) is 14.4 Å². The maximum absolute atomic E-state index is 15.1. The van der Waals surface area contributed by atoms with Gasteiger partial charge in [-0.1, -0.05) is 18.2 Å². The van der Waals surface area contributed by atoms with Gasteiger partial charge in [-0.2, -0.15) is 0 Å². The van der Waals surface area contributed by atoms with Gasteiger partial charge in [-0.15, -0.1) is 0 Å². The van der Waals surface area contributed by atoms with Crippen LogP contribution in [-0.4, -0.2) is 74.8 Å². The van der Waals surface area contributed by atoms with Crippen molar-refractivity contribution in [2.75, 3.05) is 40.0 Å². The SMILES string of the molecule is COc1cc2ccc1CNC(=O)COc1cccc(c1)-c1ccc(F)c(c1)C(=O)N[C@@H]1CN(C(=O)C3CCOCC3)CC[C@@H]1O2. The Morgan fingerprint density at radius 1 is 0.978 bits per heavy atom. The Hall–Kier alpha value is -4.64. The highest BCUT2D eigenvalue weighted by Crippen LogP contribution is 2.30. The van der Waals surface area contributed by atoms with E-state index in [1.54, 1.807) is 47.4 Å². The van der Waals surface area contributed by atoms with Gasteiger partial charge in [0.2, 0.25) is 5.91 Å². The monoisotopic (exact) mass is 617 g/mol. The summed E-state index contributed by atoms with van der Waals surface area (Å²) in [6.07, 6.45) is 1.26. The summed E-state index contributed by atoms with van der Waals surface area (Å²) in [4.78, 5) is 41.5. The molecule has 6 bridgehead atoms. The zero-order chi connectivity index (χ0) is 31.3. The van der Waals surface area contributed by atoms with Crippen molar-refractivity contribution in [2.24, 2.45) is 5.92 Å². The lowest BCUT2D eigenvalue weighted by Gasteiger charge is -2.40. The van der Waals surface area contributed by atoms with Crippen LogP contribution >= 0.6 is 0 Å². The number of amides is 3. The van der Waals surface area contributed by atoms with Crippen LogP contribution in [0.2, 0.25) is 0 Å². The van der Waals surface area contributed by atoms with E-state index in [-0.39, 0.29) is 43.0 Å². The number of halogens is 1. The molecule has 0 unspecified atom stereocenters. The van der Waals surface area contributed by atoms with Gasteiger partial charge in [0.25, 0.3) is 11.8 Å². The van der Waals surface area contributed by atoms with E-state index in [0.717, 1.165) is 5.56 Å². The average molecular weight is 618 g/mol. The molecule has 4 aliphatic rings. The third-order valence-electron chi connectivity index (χ3n) is 8.52. The standard InChI is InChI=1S/C34H36FN3O7/c1-42-31-17-26-7-5-24(31)18-36-32(39)20-44-25-4-2-3-22(15-25)23-6-8-28(35)27(16-23)33(40)37-29-19-38(12-9-30(29)45-26)34(41)21-10-13-43-14-11-21/h2-8,15-17,21,29-30H,9-14,18-20H2,1H3,(H,36,39)(H,37,40)/t29-,30+/m1/s1. The van der Waals surface area contributed by atoms with Crippen molar-refractivity contribution in [3.63, 3.8) is 0 Å². The molecular formula is C34H36FN3O7. The minimum atomic E-state index is -0.675. The van der Waals surface area contributed by atoms with Crippen molar-refractivity contribution in [2.45, 2.75) is 38.0 Å². The summed E-state index contributed by atoms with van der Waals surface area (Å²) in [7, 11) is 1.53. The Balaban J connectivity index is 1.34. The van der Waals surface area contributed by atoms with Crippen molar-refractivity contribution in [1.82, 2.24) is 15.5 Å². The number of likely N-dealkylation sites (tertiary alicyclic amines) is 1. The topological polar surface area (TPSA) is 115 Å². The van der Waals surface area contributed by atoms with Gasteiger partial charge in [-0.05, 0) is 60.4 Å². The molecule has 3 amide bonds. The molecule has 2 saturated heterocycles. The predicted molar refractivity (Wildman–Crippen MR) is 163 cm³/mol. The molecule has 236 valence electrons. The largest absolute Gasteiger partial charge is 0.496 e. The van der Waals surface area contributed by atoms with E-state index in [1.165, 1.54) is 19.2 Å². The molecule has 2 fully saturated rings. The number of piperidine rings is 1. The summed E-state index contributed by atoms with van der Waals surface area (Å²) in [6.45, 7) is 1.77. The van der Waals surface area contributed by atoms with Crippen molar-refractivity contribution >= 4 is 17.7 Å². The molecule has 4 aliphatic heterocycles. The van der Waals surface area contributed by atoms with Crippen molar-refractivity contribution < 1.29 is 37.7 Å². The van der Waals surface area contributed by atoms with Crippen LogP contribution in [0.3, 0.4) is 0 Å². The highest BCUT2D eigenvalue weighted by Gasteiger charge is 2.37. The van der Waals surface area contributed by atoms with Crippen LogP contribution < -0.4 is 24.8 Å². The first-order valence-electron chi connectivity index (χ1n) is 15.2. The van der Waals surface area contributed by atoms with Gasteiger partial charge < -0.3 is 34.5 Å². The van der Waals surface area contributed by atoms with Crippen LogP contribution in [0.1, 0.15) is 35.2 Å². The van der Waals surface area contributed by atoms with Gasteiger partial charge >= 0.3 is 0 Å². The number of hydrogen-bond acceptors (Lipinski definition) is 7. The molecule has 10 nitrogen and oxygen atoms in total. The molecule has 4 heterocycles. The van der Waals surface area contributed by atoms with E-state index in [1.807, 2.05) is 6.07 Å². The van der Waals surface area contributed by atoms with Crippen LogP contribution in [0.4, 0.5) is 4.39 Å². The lowest BCUT2D eigenvalue weighted by Crippen LogP contribution is -2.59. The number of ether oxygens (including phenoxy) is 4. The fourth-order valence-electron chi connectivity index (χ4n) is 6.02. The molecule has 11 heteroatoms. The summed E-state index contributed by atoms with van der Waals surface area (Å²) < 4.78 is 38.3. The van der Waals surface area contributed by atoms with Crippen molar-refractivity contribution in [3.05, 3.63) is 77.6 Å². The van der Waals surface area contributed by atoms with Crippen LogP contribution in [0.15, 0.2) is 60.7 Å². The number of hydrogen-bond donors (Lipinski definition) is 2. The molecule has 0 spiro atoms. The molecule has 0 aromatic heterocycles. The lowest BCUT2D eigenvalue weighted by atomic mass is 9.95. The number of carbonyl (C=O) groups excluding carboxylic acids is 3. The predicted octanol–water partition coefficient (Wildman–Crippen LogP) is 3.71. The maximum Gasteiger partial charge on any atom is 0.258 e. The first-order chi connectivity index (χ1) is 21.9. The van der Waals surface area contributed by atoms with E-state index in [0.29, 0.717) is 67.4 Å². The molecule has 2 N–H and O–H groups in total. The summed E-state index contributed by atoms with van der Waals surface area (Å²) in [5.74, 6) is -0.242. The number of benzene rings is 3. The normalized spacial score (nSPS) is 21.0. The first-order valence-corrected chi connectivity index (χ1v) is 15.2. The van der Waals surface area contributed by atoms with Gasteiger partial charge in [0.1, 0.15) is 29.2 Å². The Bertz CT molecular complexity index is 1580. The highest BCUT2D eigenvalue weighted by molar-refractivity contribution is 5.96. The summed E-state index contributed by atoms with van der Waals surface area (Å²) >= 11 is 0. The number of fused-ring (bicyclic) bond motifs is 7. The number of nitrogens with one attached hydrogen (secondary N) is 2. The molecule has 45 heavy (non-hydrogen) atoms. The smallest absolute Gasteiger partial charge is 0.258 e. The van der Waals surface area contributed by atoms with E-state index >= 15 is 4.39 Å². The molecule has 0 aliphatic carbocycles. The van der Waals surface area contributed by atoms with E-state index in [9.17, 15) is 14.4 Å². The number of methoxy groups -OCH3 is 1. The fraction of sp³-hybridized carbons (Fsp3) is 0.382. The molecular weight excluding hydrogens is 581 g/mol. The Morgan fingerprint density at radius 3 is 2.62 bits per heavy atom. The quantitative estimate of drug-likeness (QED) is 0.451. The fourth-order valence-corrected chi connectivity index (χ4v) is 6.02. The molecule has 0 saturated carbocycles. The van der Waals surface area contributed by atoms with Gasteiger partial charge in [-0.25, -0.2) is 4.39 Å². The third kappa shape index (κ3) is 7.04. The lowest BCUT2D eigenvalue weighted by molar-refractivity contribution is -0.141. The first kappa shape index (κ1) is 30.4. The van der Waals surface area contributed by atoms with Crippen LogP contribution in [0, 0.1) is 11.7 Å². The second-order valence-electron chi connectivity index (χ2n) is 11.5. The molecule has 7 rings (SSSR count). The Labute approximate surface area is 260 Å². The molecule has 3 aromatic rings. The van der Waals surface area contributed by atoms with Gasteiger partial charge in [0.15, 0.2) is 6.61 Å². The van der Waals surface area contributed by atoms with E-state index in [2.05, 4.69) is 10.6 Å². The number of rotatable bonds is 2. The van der Waals surface area contributed by atoms with Gasteiger partial charge in [0.05, 0.1) is 18.7 Å². The average Bonchev–Trinajstić information content (AvgIpc) is 3.07. The van der Waals surface area contributed by atoms with Gasteiger partial charge in [0, 0.05) is 56.8 Å². The van der Waals surface area contributed by atoms with Crippen LogP contribution in [-0.2, 0) is 20.9 Å². The van der Waals surface area contributed by atoms with Crippen LogP contribution in [0.5, 0.6) is 17.2 Å². The molecule has 0 radical (unpaired) electrons. The molecule has 2 atom stereocenters. The zero-order valence-electron chi connectivity index (χ0n) is 25.1. The Kier molecular flexibility index (Phi) is 9.16. The minimum absolute atomic E-state index is 0.0285.